The van der Waals surface area contributed by atoms with E-state index < -0.39 is 0 Å². The van der Waals surface area contributed by atoms with Crippen molar-refractivity contribution in [2.24, 2.45) is 0 Å². The molecule has 0 fully saturated rings. The Morgan fingerprint density at radius 2 is 1.64 bits per heavy atom. The summed E-state index contributed by atoms with van der Waals surface area (Å²) in [6.07, 6.45) is 0. The molecule has 0 spiro atoms. The molecule has 3 aromatic rings. The van der Waals surface area contributed by atoms with Crippen molar-refractivity contribution >= 4 is 10.8 Å². The summed E-state index contributed by atoms with van der Waals surface area (Å²) in [5.41, 5.74) is 2.84. The molecule has 4 nitrogen and oxygen atoms in total. The normalized spacial score (nSPS) is 11.8. The van der Waals surface area contributed by atoms with Crippen LogP contribution < -0.4 is 14.9 Å². The molecule has 0 N–H and O–H groups in total. The van der Waals surface area contributed by atoms with Gasteiger partial charge in [0.05, 0.1) is 25.2 Å². The second-order valence-electron chi connectivity index (χ2n) is 5.80. The van der Waals surface area contributed by atoms with Gasteiger partial charge in [-0.05, 0) is 50.1 Å². The van der Waals surface area contributed by atoms with Gasteiger partial charge in [-0.2, -0.15) is 0 Å². The molecular formula is C21H23O4+. The third kappa shape index (κ3) is 3.12. The van der Waals surface area contributed by atoms with E-state index >= 15 is 0 Å². The van der Waals surface area contributed by atoms with Crippen LogP contribution in [-0.4, -0.2) is 20.8 Å². The van der Waals surface area contributed by atoms with Gasteiger partial charge in [0.1, 0.15) is 28.4 Å². The molecule has 1 heterocycles. The minimum atomic E-state index is 0.577. The quantitative estimate of drug-likeness (QED) is 0.650. The number of furan rings is 1. The number of methoxy groups -OCH3 is 1. The highest BCUT2D eigenvalue weighted by Gasteiger charge is 2.19. The predicted molar refractivity (Wildman–Crippen MR) is 101 cm³/mol. The summed E-state index contributed by atoms with van der Waals surface area (Å²) >= 11 is 0. The summed E-state index contributed by atoms with van der Waals surface area (Å²) in [6.45, 7) is 6.45. The maximum atomic E-state index is 5.94. The third-order valence-corrected chi connectivity index (χ3v) is 4.27. The van der Waals surface area contributed by atoms with Crippen molar-refractivity contribution in [1.82, 2.24) is 0 Å². The van der Waals surface area contributed by atoms with Crippen LogP contribution in [0, 0.1) is 13.8 Å². The molecule has 3 rings (SSSR count). The van der Waals surface area contributed by atoms with Gasteiger partial charge in [0.15, 0.2) is 0 Å². The van der Waals surface area contributed by atoms with Crippen molar-refractivity contribution in [3.05, 3.63) is 57.8 Å². The first-order valence-electron chi connectivity index (χ1n) is 8.31. The Balaban J connectivity index is 2.37. The molecule has 0 unspecified atom stereocenters. The largest absolute Gasteiger partial charge is 0.497 e. The highest BCUT2D eigenvalue weighted by atomic mass is 16.5. The number of hydrogen-bond donors (Lipinski definition) is 0. The Morgan fingerprint density at radius 3 is 2.24 bits per heavy atom. The Labute approximate surface area is 147 Å². The maximum absolute atomic E-state index is 5.94. The van der Waals surface area contributed by atoms with Crippen molar-refractivity contribution in [1.29, 1.82) is 0 Å². The van der Waals surface area contributed by atoms with Gasteiger partial charge in [0, 0.05) is 0 Å². The fourth-order valence-corrected chi connectivity index (χ4v) is 3.13. The fourth-order valence-electron chi connectivity index (χ4n) is 3.13. The highest BCUT2D eigenvalue weighted by molar-refractivity contribution is 5.93. The summed E-state index contributed by atoms with van der Waals surface area (Å²) in [7, 11) is 3.34. The molecule has 2 aromatic carbocycles. The predicted octanol–water partition coefficient (Wildman–Crippen LogP) is 4.65. The van der Waals surface area contributed by atoms with Crippen molar-refractivity contribution in [3.63, 3.8) is 0 Å². The maximum Gasteiger partial charge on any atom is 0.355 e. The number of ether oxygens (including phenoxy) is 2. The summed E-state index contributed by atoms with van der Waals surface area (Å²) in [5.74, 6) is 3.26. The molecule has 0 amide bonds. The van der Waals surface area contributed by atoms with Crippen LogP contribution in [0.25, 0.3) is 21.9 Å². The van der Waals surface area contributed by atoms with Gasteiger partial charge >= 0.3 is 5.43 Å². The van der Waals surface area contributed by atoms with Gasteiger partial charge in [0.25, 0.3) is 7.11 Å². The van der Waals surface area contributed by atoms with Crippen molar-refractivity contribution in [2.45, 2.75) is 20.8 Å². The number of rotatable bonds is 4. The summed E-state index contributed by atoms with van der Waals surface area (Å²) < 4.78 is 22.7. The lowest BCUT2D eigenvalue weighted by atomic mass is 10.1. The van der Waals surface area contributed by atoms with Gasteiger partial charge in [-0.15, -0.1) is 0 Å². The number of fused-ring (bicyclic) bond motifs is 1. The van der Waals surface area contributed by atoms with E-state index in [9.17, 15) is 0 Å². The standard InChI is InChI=1S/C21H23O4/c1-6-24-19-12-16(15-7-9-17(22-4)10-8-15)11-18(23-5)20-13(2)25-14(3)21(19)20/h7-12H,6H2,1-5H3/q+1. The lowest BCUT2D eigenvalue weighted by molar-refractivity contribution is 0.344. The molecule has 0 atom stereocenters. The van der Waals surface area contributed by atoms with Crippen molar-refractivity contribution < 1.29 is 13.9 Å². The van der Waals surface area contributed by atoms with Gasteiger partial charge < -0.3 is 13.9 Å². The van der Waals surface area contributed by atoms with E-state index in [-0.39, 0.29) is 0 Å². The van der Waals surface area contributed by atoms with E-state index in [2.05, 4.69) is 0 Å². The first kappa shape index (κ1) is 17.1. The van der Waals surface area contributed by atoms with E-state index in [0.29, 0.717) is 6.61 Å². The molecule has 25 heavy (non-hydrogen) atoms. The van der Waals surface area contributed by atoms with Crippen molar-refractivity contribution in [3.8, 4) is 22.6 Å². The first-order valence-corrected chi connectivity index (χ1v) is 8.31. The lowest BCUT2D eigenvalue weighted by Gasteiger charge is -2.05. The molecule has 130 valence electrons. The minimum Gasteiger partial charge on any atom is -0.497 e. The van der Waals surface area contributed by atoms with E-state index in [1.54, 1.807) is 14.2 Å². The molecular weight excluding hydrogens is 316 g/mol. The highest BCUT2D eigenvalue weighted by Crippen LogP contribution is 2.33. The van der Waals surface area contributed by atoms with Crippen molar-refractivity contribution in [2.75, 3.05) is 20.8 Å². The molecule has 0 aliphatic carbocycles. The first-order chi connectivity index (χ1) is 12.1. The Morgan fingerprint density at radius 1 is 0.960 bits per heavy atom. The van der Waals surface area contributed by atoms with Gasteiger partial charge in [-0.3, -0.25) is 4.42 Å². The van der Waals surface area contributed by atoms with Crippen LogP contribution in [0.3, 0.4) is 0 Å². The Hall–Kier alpha value is -2.75. The molecule has 0 saturated carbocycles. The molecule has 0 radical (unpaired) electrons. The third-order valence-electron chi connectivity index (χ3n) is 4.27. The van der Waals surface area contributed by atoms with Gasteiger partial charge in [-0.25, -0.2) is 0 Å². The second-order valence-corrected chi connectivity index (χ2v) is 5.80. The summed E-state index contributed by atoms with van der Waals surface area (Å²) in [4.78, 5) is 0. The molecule has 4 heteroatoms. The lowest BCUT2D eigenvalue weighted by Crippen LogP contribution is -1.99. The number of benzene rings is 1. The second kappa shape index (κ2) is 7.01. The SMILES string of the molecule is CCOc1cc(-c2ccc(OC)cc2)cc(=[O+]C)c2c(C)oc(C)c12. The molecule has 1 aromatic heterocycles. The average Bonchev–Trinajstić information content (AvgIpc) is 2.81. The topological polar surface area (TPSA) is 42.9 Å². The van der Waals surface area contributed by atoms with E-state index in [1.165, 1.54) is 0 Å². The van der Waals surface area contributed by atoms with Crippen LogP contribution in [0.15, 0.2) is 45.2 Å². The molecule has 0 bridgehead atoms. The van der Waals surface area contributed by atoms with Gasteiger partial charge in [0.2, 0.25) is 0 Å². The minimum absolute atomic E-state index is 0.577. The zero-order valence-electron chi connectivity index (χ0n) is 15.3. The van der Waals surface area contributed by atoms with Crippen LogP contribution in [-0.2, 0) is 0 Å². The molecule has 0 saturated heterocycles. The summed E-state index contributed by atoms with van der Waals surface area (Å²) in [6, 6.07) is 12.0. The number of aryl methyl sites for hydroxylation is 2. The van der Waals surface area contributed by atoms with Crippen LogP contribution in [0.5, 0.6) is 11.5 Å². The van der Waals surface area contributed by atoms with Gasteiger partial charge in [-0.1, -0.05) is 12.1 Å². The van der Waals surface area contributed by atoms with Crippen LogP contribution in [0.4, 0.5) is 0 Å². The summed E-state index contributed by atoms with van der Waals surface area (Å²) in [5, 5.41) is 1.90. The Bertz CT molecular complexity index is 966. The monoisotopic (exact) mass is 339 g/mol. The zero-order chi connectivity index (χ0) is 18.0. The van der Waals surface area contributed by atoms with E-state index in [1.807, 2.05) is 57.2 Å². The number of hydrogen-bond acceptors (Lipinski definition) is 3. The zero-order valence-corrected chi connectivity index (χ0v) is 15.3. The smallest absolute Gasteiger partial charge is 0.355 e. The van der Waals surface area contributed by atoms with Crippen LogP contribution in [0.1, 0.15) is 18.4 Å². The molecule has 0 aliphatic heterocycles. The van der Waals surface area contributed by atoms with Crippen LogP contribution in [0.2, 0.25) is 0 Å². The Kier molecular flexibility index (Phi) is 4.79. The average molecular weight is 339 g/mol. The van der Waals surface area contributed by atoms with E-state index in [4.69, 9.17) is 18.3 Å². The molecule has 0 aliphatic rings. The van der Waals surface area contributed by atoms with Crippen LogP contribution >= 0.6 is 0 Å². The van der Waals surface area contributed by atoms with E-state index in [0.717, 1.165) is 50.3 Å². The fraction of sp³-hybridized carbons (Fsp3) is 0.286.